The normalized spacial score (nSPS) is 21.9. The number of nitrogens with one attached hydrogen (secondary N) is 1. The topological polar surface area (TPSA) is 66.4 Å². The molecule has 1 aliphatic carbocycles. The maximum atomic E-state index is 13.5. The van der Waals surface area contributed by atoms with E-state index in [0.29, 0.717) is 31.4 Å². The number of carboxylic acid groups (broad SMARTS) is 1. The molecular weight excluding hydrogens is 287 g/mol. The predicted octanol–water partition coefficient (Wildman–Crippen LogP) is 2.93. The molecule has 1 aromatic carbocycles. The number of carbonyl (C=O) groups is 2. The highest BCUT2D eigenvalue weighted by Gasteiger charge is 2.31. The van der Waals surface area contributed by atoms with E-state index in [1.807, 2.05) is 0 Å². The number of hydrogen-bond acceptors (Lipinski definition) is 2. The zero-order chi connectivity index (χ0) is 15.6. The largest absolute Gasteiger partial charge is 0.481 e. The van der Waals surface area contributed by atoms with Crippen molar-refractivity contribution in [3.8, 4) is 0 Å². The number of halogens is 3. The molecule has 0 radical (unpaired) electrons. The molecule has 1 aliphatic rings. The van der Waals surface area contributed by atoms with Crippen LogP contribution in [0.4, 0.5) is 18.9 Å². The van der Waals surface area contributed by atoms with E-state index in [0.717, 1.165) is 0 Å². The average molecular weight is 301 g/mol. The molecule has 0 aliphatic heterocycles. The second-order valence-corrected chi connectivity index (χ2v) is 5.14. The predicted molar refractivity (Wildman–Crippen MR) is 68.0 cm³/mol. The van der Waals surface area contributed by atoms with E-state index in [-0.39, 0.29) is 6.42 Å². The molecule has 0 heterocycles. The van der Waals surface area contributed by atoms with Crippen molar-refractivity contribution >= 4 is 17.6 Å². The van der Waals surface area contributed by atoms with Gasteiger partial charge in [-0.1, -0.05) is 6.42 Å². The number of benzene rings is 1. The van der Waals surface area contributed by atoms with E-state index < -0.39 is 46.9 Å². The lowest BCUT2D eigenvalue weighted by molar-refractivity contribution is -0.143. The summed E-state index contributed by atoms with van der Waals surface area (Å²) in [5.74, 6) is -6.56. The molecule has 1 amide bonds. The maximum Gasteiger partial charge on any atom is 0.306 e. The summed E-state index contributed by atoms with van der Waals surface area (Å²) in [6.45, 7) is 0. The fraction of sp³-hybridized carbons (Fsp3) is 0.429. The van der Waals surface area contributed by atoms with Gasteiger partial charge in [-0.2, -0.15) is 0 Å². The van der Waals surface area contributed by atoms with Gasteiger partial charge in [0.25, 0.3) is 0 Å². The Balaban J connectivity index is 2.09. The van der Waals surface area contributed by atoms with Gasteiger partial charge < -0.3 is 10.4 Å². The van der Waals surface area contributed by atoms with Crippen molar-refractivity contribution < 1.29 is 27.9 Å². The molecule has 0 bridgehead atoms. The third kappa shape index (κ3) is 3.53. The van der Waals surface area contributed by atoms with Gasteiger partial charge in [-0.05, 0) is 19.3 Å². The van der Waals surface area contributed by atoms with Gasteiger partial charge in [0.15, 0.2) is 11.6 Å². The highest BCUT2D eigenvalue weighted by atomic mass is 19.2. The number of anilines is 1. The number of hydrogen-bond donors (Lipinski definition) is 2. The van der Waals surface area contributed by atoms with Crippen LogP contribution in [-0.2, 0) is 9.59 Å². The number of aliphatic carboxylic acids is 1. The lowest BCUT2D eigenvalue weighted by Gasteiger charge is -2.25. The Kier molecular flexibility index (Phi) is 4.50. The molecule has 1 fully saturated rings. The summed E-state index contributed by atoms with van der Waals surface area (Å²) < 4.78 is 39.6. The summed E-state index contributed by atoms with van der Waals surface area (Å²) >= 11 is 0. The summed E-state index contributed by atoms with van der Waals surface area (Å²) in [5.41, 5.74) is -0.574. The Bertz CT molecular complexity index is 577. The molecule has 7 heteroatoms. The molecular formula is C14H14F3NO3. The number of rotatable bonds is 3. The first-order valence-electron chi connectivity index (χ1n) is 6.56. The van der Waals surface area contributed by atoms with Crippen LogP contribution in [0.25, 0.3) is 0 Å². The first-order valence-corrected chi connectivity index (χ1v) is 6.56. The summed E-state index contributed by atoms with van der Waals surface area (Å²) in [5, 5.41) is 11.1. The molecule has 21 heavy (non-hydrogen) atoms. The number of amides is 1. The van der Waals surface area contributed by atoms with Gasteiger partial charge in [0.05, 0.1) is 11.6 Å². The van der Waals surface area contributed by atoms with Gasteiger partial charge in [0.2, 0.25) is 5.91 Å². The van der Waals surface area contributed by atoms with Crippen LogP contribution in [0.15, 0.2) is 12.1 Å². The van der Waals surface area contributed by atoms with Crippen LogP contribution in [0.1, 0.15) is 25.7 Å². The standard InChI is InChI=1S/C14H14F3NO3/c15-9-5-10(16)12(17)11(6-9)18-13(19)7-2-1-3-8(4-7)14(20)21/h5-8H,1-4H2,(H,18,19)(H,20,21). The summed E-state index contributed by atoms with van der Waals surface area (Å²) in [6, 6.07) is 1.07. The van der Waals surface area contributed by atoms with E-state index in [1.165, 1.54) is 0 Å². The van der Waals surface area contributed by atoms with Crippen LogP contribution in [-0.4, -0.2) is 17.0 Å². The summed E-state index contributed by atoms with van der Waals surface area (Å²) in [4.78, 5) is 22.9. The van der Waals surface area contributed by atoms with E-state index in [4.69, 9.17) is 5.11 Å². The first-order chi connectivity index (χ1) is 9.88. The van der Waals surface area contributed by atoms with E-state index in [1.54, 1.807) is 0 Å². The highest BCUT2D eigenvalue weighted by molar-refractivity contribution is 5.93. The van der Waals surface area contributed by atoms with Crippen molar-refractivity contribution in [1.82, 2.24) is 0 Å². The van der Waals surface area contributed by atoms with Crippen LogP contribution in [0, 0.1) is 29.3 Å². The third-order valence-electron chi connectivity index (χ3n) is 3.65. The van der Waals surface area contributed by atoms with Crippen LogP contribution >= 0.6 is 0 Å². The second kappa shape index (κ2) is 6.15. The van der Waals surface area contributed by atoms with Crippen LogP contribution in [0.2, 0.25) is 0 Å². The molecule has 0 aromatic heterocycles. The van der Waals surface area contributed by atoms with Gasteiger partial charge >= 0.3 is 5.97 Å². The SMILES string of the molecule is O=C(O)C1CCCC(C(=O)Nc2cc(F)cc(F)c2F)C1. The highest BCUT2D eigenvalue weighted by Crippen LogP contribution is 2.30. The van der Waals surface area contributed by atoms with E-state index in [2.05, 4.69) is 5.32 Å². The Morgan fingerprint density at radius 1 is 1.14 bits per heavy atom. The van der Waals surface area contributed by atoms with Gasteiger partial charge in [-0.15, -0.1) is 0 Å². The minimum atomic E-state index is -1.39. The number of carbonyl (C=O) groups excluding carboxylic acids is 1. The van der Waals surface area contributed by atoms with Crippen molar-refractivity contribution in [3.63, 3.8) is 0 Å². The minimum absolute atomic E-state index is 0.139. The fourth-order valence-electron chi connectivity index (χ4n) is 2.53. The molecule has 1 aromatic rings. The van der Waals surface area contributed by atoms with Gasteiger partial charge in [-0.3, -0.25) is 9.59 Å². The monoisotopic (exact) mass is 301 g/mol. The molecule has 1 saturated carbocycles. The minimum Gasteiger partial charge on any atom is -0.481 e. The summed E-state index contributed by atoms with van der Waals surface area (Å²) in [6.07, 6.45) is 1.66. The molecule has 4 nitrogen and oxygen atoms in total. The summed E-state index contributed by atoms with van der Waals surface area (Å²) in [7, 11) is 0. The van der Waals surface area contributed by atoms with Crippen molar-refractivity contribution in [2.75, 3.05) is 5.32 Å². The van der Waals surface area contributed by atoms with Crippen molar-refractivity contribution in [2.45, 2.75) is 25.7 Å². The first kappa shape index (κ1) is 15.3. The maximum absolute atomic E-state index is 13.5. The van der Waals surface area contributed by atoms with Crippen molar-refractivity contribution in [3.05, 3.63) is 29.6 Å². The lowest BCUT2D eigenvalue weighted by atomic mass is 9.81. The smallest absolute Gasteiger partial charge is 0.306 e. The van der Waals surface area contributed by atoms with Crippen molar-refractivity contribution in [1.29, 1.82) is 0 Å². The average Bonchev–Trinajstić information content (AvgIpc) is 2.44. The molecule has 2 N–H and O–H groups in total. The molecule has 2 rings (SSSR count). The van der Waals surface area contributed by atoms with Crippen LogP contribution in [0.3, 0.4) is 0 Å². The zero-order valence-electron chi connectivity index (χ0n) is 11.0. The van der Waals surface area contributed by atoms with E-state index in [9.17, 15) is 22.8 Å². The van der Waals surface area contributed by atoms with Crippen LogP contribution < -0.4 is 5.32 Å². The number of carboxylic acids is 1. The molecule has 2 unspecified atom stereocenters. The Labute approximate surface area is 119 Å². The molecule has 114 valence electrons. The Morgan fingerprint density at radius 3 is 2.48 bits per heavy atom. The molecule has 0 saturated heterocycles. The zero-order valence-corrected chi connectivity index (χ0v) is 11.0. The Hall–Kier alpha value is -2.05. The van der Waals surface area contributed by atoms with E-state index >= 15 is 0 Å². The third-order valence-corrected chi connectivity index (χ3v) is 3.65. The quantitative estimate of drug-likeness (QED) is 0.844. The fourth-order valence-corrected chi connectivity index (χ4v) is 2.53. The second-order valence-electron chi connectivity index (χ2n) is 5.14. The molecule has 0 spiro atoms. The molecule has 2 atom stereocenters. The lowest BCUT2D eigenvalue weighted by Crippen LogP contribution is -2.31. The van der Waals surface area contributed by atoms with Gasteiger partial charge in [-0.25, -0.2) is 13.2 Å². The van der Waals surface area contributed by atoms with Gasteiger partial charge in [0, 0.05) is 18.1 Å². The van der Waals surface area contributed by atoms with Gasteiger partial charge in [0.1, 0.15) is 5.82 Å². The Morgan fingerprint density at radius 2 is 1.81 bits per heavy atom. The van der Waals surface area contributed by atoms with Crippen molar-refractivity contribution in [2.24, 2.45) is 11.8 Å². The van der Waals surface area contributed by atoms with Crippen LogP contribution in [0.5, 0.6) is 0 Å².